The number of aromatic nitrogens is 4. The molecule has 0 unspecified atom stereocenters. The van der Waals surface area contributed by atoms with Gasteiger partial charge >= 0.3 is 5.97 Å². The molecular formula is C25H24F2N6O2. The highest BCUT2D eigenvalue weighted by molar-refractivity contribution is 5.93. The molecule has 2 aromatic carbocycles. The van der Waals surface area contributed by atoms with Gasteiger partial charge in [0.1, 0.15) is 5.82 Å². The molecule has 0 spiro atoms. The molecule has 1 aliphatic heterocycles. The largest absolute Gasteiger partial charge is 0.478 e. The first kappa shape index (κ1) is 22.7. The van der Waals surface area contributed by atoms with E-state index in [4.69, 9.17) is 4.98 Å². The predicted molar refractivity (Wildman–Crippen MR) is 128 cm³/mol. The minimum Gasteiger partial charge on any atom is -0.478 e. The molecule has 8 nitrogen and oxygen atoms in total. The number of imidazole rings is 1. The van der Waals surface area contributed by atoms with Gasteiger partial charge in [0.05, 0.1) is 29.3 Å². The molecule has 0 amide bonds. The third-order valence-corrected chi connectivity index (χ3v) is 6.23. The summed E-state index contributed by atoms with van der Waals surface area (Å²) in [6.45, 7) is 3.72. The van der Waals surface area contributed by atoms with Crippen LogP contribution < -0.4 is 9.80 Å². The Hall–Kier alpha value is -4.08. The van der Waals surface area contributed by atoms with E-state index < -0.39 is 11.9 Å². The molecule has 0 saturated carbocycles. The predicted octanol–water partition coefficient (Wildman–Crippen LogP) is 4.01. The number of carbonyl (C=O) groups is 1. The summed E-state index contributed by atoms with van der Waals surface area (Å²) in [5, 5.41) is 9.42. The highest BCUT2D eigenvalue weighted by Gasteiger charge is 2.29. The molecule has 0 radical (unpaired) electrons. The lowest BCUT2D eigenvalue weighted by atomic mass is 10.0. The number of fused-ring (bicyclic) bond motifs is 1. The Balaban J connectivity index is 1.53. The lowest BCUT2D eigenvalue weighted by Gasteiger charge is -2.36. The number of rotatable bonds is 6. The smallest absolute Gasteiger partial charge is 0.335 e. The van der Waals surface area contributed by atoms with E-state index in [0.717, 1.165) is 12.7 Å². The Kier molecular flexibility index (Phi) is 5.80. The lowest BCUT2D eigenvalue weighted by Crippen LogP contribution is -2.47. The molecule has 3 heterocycles. The zero-order valence-corrected chi connectivity index (χ0v) is 19.1. The van der Waals surface area contributed by atoms with Gasteiger partial charge in [0.2, 0.25) is 5.95 Å². The maximum absolute atomic E-state index is 14.3. The van der Waals surface area contributed by atoms with Crippen LogP contribution in [-0.2, 0) is 12.5 Å². The second-order valence-corrected chi connectivity index (χ2v) is 8.59. The molecule has 10 heteroatoms. The van der Waals surface area contributed by atoms with Crippen molar-refractivity contribution in [1.82, 2.24) is 19.5 Å². The number of nitrogens with zero attached hydrogens (tertiary/aromatic N) is 6. The van der Waals surface area contributed by atoms with E-state index in [2.05, 4.69) is 19.8 Å². The molecule has 2 aromatic heterocycles. The molecule has 1 N–H and O–H groups in total. The van der Waals surface area contributed by atoms with Crippen LogP contribution in [0.4, 0.5) is 20.5 Å². The van der Waals surface area contributed by atoms with Gasteiger partial charge in [-0.15, -0.1) is 0 Å². The Labute approximate surface area is 200 Å². The standard InChI is InChI=1S/C25H24F2N6O2/c1-25(26,27)19-5-3-2-4-18(19)16-33-21-7-6-17(23(34)35)14-20(21)30-24(33)32-12-10-31(11-13-32)22-15-28-8-9-29-22/h2-9,14-15H,10-13,16H2,1H3,(H,34,35). The van der Waals surface area contributed by atoms with Crippen molar-refractivity contribution in [1.29, 1.82) is 0 Å². The van der Waals surface area contributed by atoms with Gasteiger partial charge in [-0.05, 0) is 23.8 Å². The van der Waals surface area contributed by atoms with Crippen molar-refractivity contribution in [2.24, 2.45) is 0 Å². The summed E-state index contributed by atoms with van der Waals surface area (Å²) >= 11 is 0. The Morgan fingerprint density at radius 1 is 1.06 bits per heavy atom. The summed E-state index contributed by atoms with van der Waals surface area (Å²) < 4.78 is 30.6. The van der Waals surface area contributed by atoms with Crippen molar-refractivity contribution in [3.8, 4) is 0 Å². The average Bonchev–Trinajstić information content (AvgIpc) is 3.22. The van der Waals surface area contributed by atoms with Gasteiger partial charge in [-0.25, -0.2) is 23.5 Å². The summed E-state index contributed by atoms with van der Waals surface area (Å²) in [5.41, 5.74) is 1.78. The number of anilines is 2. The van der Waals surface area contributed by atoms with E-state index in [0.29, 0.717) is 48.7 Å². The molecule has 180 valence electrons. The van der Waals surface area contributed by atoms with Gasteiger partial charge in [0.25, 0.3) is 5.92 Å². The highest BCUT2D eigenvalue weighted by atomic mass is 19.3. The van der Waals surface area contributed by atoms with Crippen molar-refractivity contribution >= 4 is 28.8 Å². The number of piperazine rings is 1. The van der Waals surface area contributed by atoms with Crippen LogP contribution in [0.3, 0.4) is 0 Å². The lowest BCUT2D eigenvalue weighted by molar-refractivity contribution is 0.0164. The van der Waals surface area contributed by atoms with E-state index >= 15 is 0 Å². The van der Waals surface area contributed by atoms with Crippen LogP contribution in [0.15, 0.2) is 61.1 Å². The van der Waals surface area contributed by atoms with Crippen LogP contribution in [0.25, 0.3) is 11.0 Å². The minimum absolute atomic E-state index is 0.0394. The monoisotopic (exact) mass is 478 g/mol. The third-order valence-electron chi connectivity index (χ3n) is 6.23. The number of hydrogen-bond donors (Lipinski definition) is 1. The third kappa shape index (κ3) is 4.51. The quantitative estimate of drug-likeness (QED) is 0.448. The summed E-state index contributed by atoms with van der Waals surface area (Å²) in [7, 11) is 0. The molecule has 35 heavy (non-hydrogen) atoms. The van der Waals surface area contributed by atoms with Crippen molar-refractivity contribution in [2.45, 2.75) is 19.4 Å². The molecule has 0 atom stereocenters. The first-order valence-corrected chi connectivity index (χ1v) is 11.3. The highest BCUT2D eigenvalue weighted by Crippen LogP contribution is 2.32. The van der Waals surface area contributed by atoms with Crippen LogP contribution in [0, 0.1) is 0 Å². The second-order valence-electron chi connectivity index (χ2n) is 8.59. The number of aromatic carboxylic acids is 1. The minimum atomic E-state index is -2.99. The van der Waals surface area contributed by atoms with Crippen molar-refractivity contribution < 1.29 is 18.7 Å². The molecule has 4 aromatic rings. The normalized spacial score (nSPS) is 14.5. The number of benzene rings is 2. The number of carboxylic acid groups (broad SMARTS) is 1. The Morgan fingerprint density at radius 2 is 1.80 bits per heavy atom. The van der Waals surface area contributed by atoms with Crippen molar-refractivity contribution in [3.05, 3.63) is 77.7 Å². The van der Waals surface area contributed by atoms with E-state index in [1.54, 1.807) is 42.9 Å². The van der Waals surface area contributed by atoms with Crippen molar-refractivity contribution in [2.75, 3.05) is 36.0 Å². The summed E-state index contributed by atoms with van der Waals surface area (Å²) in [4.78, 5) is 29.0. The molecular weight excluding hydrogens is 454 g/mol. The first-order valence-electron chi connectivity index (χ1n) is 11.3. The average molecular weight is 479 g/mol. The topological polar surface area (TPSA) is 87.4 Å². The fraction of sp³-hybridized carbons (Fsp3) is 0.280. The number of hydrogen-bond acceptors (Lipinski definition) is 6. The van der Waals surface area contributed by atoms with E-state index in [1.807, 2.05) is 4.57 Å². The summed E-state index contributed by atoms with van der Waals surface area (Å²) in [6, 6.07) is 11.2. The Bertz CT molecular complexity index is 1360. The molecule has 0 bridgehead atoms. The summed E-state index contributed by atoms with van der Waals surface area (Å²) in [6.07, 6.45) is 5.01. The maximum atomic E-state index is 14.3. The van der Waals surface area contributed by atoms with E-state index in [-0.39, 0.29) is 17.7 Å². The van der Waals surface area contributed by atoms with Crippen LogP contribution in [0.2, 0.25) is 0 Å². The number of alkyl halides is 2. The number of halogens is 2. The zero-order valence-electron chi connectivity index (χ0n) is 19.1. The fourth-order valence-electron chi connectivity index (χ4n) is 4.49. The van der Waals surface area contributed by atoms with Crippen LogP contribution in [-0.4, -0.2) is 56.8 Å². The number of carboxylic acids is 1. The first-order chi connectivity index (χ1) is 16.8. The zero-order chi connectivity index (χ0) is 24.6. The SMILES string of the molecule is CC(F)(F)c1ccccc1Cn1c(N2CCN(c3cnccn3)CC2)nc2cc(C(=O)O)ccc21. The summed E-state index contributed by atoms with van der Waals surface area (Å²) in [5.74, 6) is -2.62. The molecule has 1 fully saturated rings. The van der Waals surface area contributed by atoms with Gasteiger partial charge < -0.3 is 19.5 Å². The molecule has 1 saturated heterocycles. The van der Waals surface area contributed by atoms with Gasteiger partial charge in [0, 0.05) is 51.1 Å². The van der Waals surface area contributed by atoms with Crippen LogP contribution in [0.1, 0.15) is 28.4 Å². The molecule has 1 aliphatic rings. The van der Waals surface area contributed by atoms with Gasteiger partial charge in [-0.1, -0.05) is 24.3 Å². The maximum Gasteiger partial charge on any atom is 0.335 e. The van der Waals surface area contributed by atoms with E-state index in [9.17, 15) is 18.7 Å². The van der Waals surface area contributed by atoms with Gasteiger partial charge in [0.15, 0.2) is 0 Å². The molecule has 5 rings (SSSR count). The van der Waals surface area contributed by atoms with Crippen LogP contribution >= 0.6 is 0 Å². The van der Waals surface area contributed by atoms with Gasteiger partial charge in [-0.3, -0.25) is 4.98 Å². The fourth-order valence-corrected chi connectivity index (χ4v) is 4.49. The van der Waals surface area contributed by atoms with E-state index in [1.165, 1.54) is 18.2 Å². The van der Waals surface area contributed by atoms with Gasteiger partial charge in [-0.2, -0.15) is 0 Å². The van der Waals surface area contributed by atoms with Crippen LogP contribution in [0.5, 0.6) is 0 Å². The Morgan fingerprint density at radius 3 is 2.49 bits per heavy atom. The molecule has 0 aliphatic carbocycles. The van der Waals surface area contributed by atoms with Crippen molar-refractivity contribution in [3.63, 3.8) is 0 Å². The second kappa shape index (κ2) is 8.94.